The molecule has 7 nitrogen and oxygen atoms in total. The van der Waals surface area contributed by atoms with E-state index in [-0.39, 0.29) is 0 Å². The van der Waals surface area contributed by atoms with E-state index < -0.39 is 0 Å². The van der Waals surface area contributed by atoms with Crippen LogP contribution in [-0.2, 0) is 0 Å². The SMILES string of the molecule is COc1cc2[nH]ncc2cc1Nc1ncnc2[nH]c(Cl)cc12. The van der Waals surface area contributed by atoms with Crippen molar-refractivity contribution in [1.82, 2.24) is 25.1 Å². The average Bonchev–Trinajstić information content (AvgIpc) is 3.11. The highest BCUT2D eigenvalue weighted by Gasteiger charge is 2.11. The lowest BCUT2D eigenvalue weighted by Crippen LogP contribution is -1.98. The summed E-state index contributed by atoms with van der Waals surface area (Å²) in [5, 5.41) is 12.5. The lowest BCUT2D eigenvalue weighted by molar-refractivity contribution is 0.417. The fourth-order valence-corrected chi connectivity index (χ4v) is 2.57. The maximum Gasteiger partial charge on any atom is 0.144 e. The summed E-state index contributed by atoms with van der Waals surface area (Å²) in [6, 6.07) is 5.61. The Labute approximate surface area is 129 Å². The third kappa shape index (κ3) is 2.03. The van der Waals surface area contributed by atoms with Gasteiger partial charge in [-0.05, 0) is 12.1 Å². The van der Waals surface area contributed by atoms with E-state index >= 15 is 0 Å². The molecule has 0 unspecified atom stereocenters. The number of nitrogens with one attached hydrogen (secondary N) is 3. The molecule has 0 aliphatic heterocycles. The standard InChI is InChI=1S/C14H11ClN6O/c1-22-11-4-9-7(5-18-21-9)2-10(11)19-13-8-3-12(15)20-14(8)17-6-16-13/h2-6H,1H3,(H,18,21)(H2,16,17,19,20). The number of benzene rings is 1. The molecule has 0 aliphatic carbocycles. The minimum atomic E-state index is 0.510. The van der Waals surface area contributed by atoms with Gasteiger partial charge in [-0.3, -0.25) is 5.10 Å². The number of aromatic nitrogens is 5. The van der Waals surface area contributed by atoms with Crippen LogP contribution in [0.2, 0.25) is 5.15 Å². The van der Waals surface area contributed by atoms with E-state index in [0.29, 0.717) is 22.4 Å². The average molecular weight is 315 g/mol. The fraction of sp³-hybridized carbons (Fsp3) is 0.0714. The molecule has 1 aromatic carbocycles. The Kier molecular flexibility index (Phi) is 2.87. The summed E-state index contributed by atoms with van der Waals surface area (Å²) >= 11 is 5.99. The van der Waals surface area contributed by atoms with E-state index in [1.807, 2.05) is 12.1 Å². The zero-order chi connectivity index (χ0) is 15.1. The van der Waals surface area contributed by atoms with Crippen molar-refractivity contribution in [3.05, 3.63) is 35.9 Å². The molecule has 0 spiro atoms. The summed E-state index contributed by atoms with van der Waals surface area (Å²) in [6.45, 7) is 0. The van der Waals surface area contributed by atoms with Crippen LogP contribution in [0.3, 0.4) is 0 Å². The summed E-state index contributed by atoms with van der Waals surface area (Å²) in [5.74, 6) is 1.33. The zero-order valence-corrected chi connectivity index (χ0v) is 12.3. The third-order valence-corrected chi connectivity index (χ3v) is 3.61. The van der Waals surface area contributed by atoms with Crippen molar-refractivity contribution in [3.8, 4) is 5.75 Å². The minimum Gasteiger partial charge on any atom is -0.494 e. The number of hydrogen-bond acceptors (Lipinski definition) is 5. The molecule has 8 heteroatoms. The second-order valence-corrected chi connectivity index (χ2v) is 5.14. The van der Waals surface area contributed by atoms with Crippen molar-refractivity contribution in [2.45, 2.75) is 0 Å². The first-order valence-electron chi connectivity index (χ1n) is 6.52. The van der Waals surface area contributed by atoms with E-state index in [1.54, 1.807) is 19.4 Å². The van der Waals surface area contributed by atoms with Gasteiger partial charge in [0.15, 0.2) is 0 Å². The van der Waals surface area contributed by atoms with Crippen LogP contribution in [-0.4, -0.2) is 32.3 Å². The van der Waals surface area contributed by atoms with Crippen LogP contribution in [0.5, 0.6) is 5.75 Å². The molecular weight excluding hydrogens is 304 g/mol. The molecule has 3 N–H and O–H groups in total. The highest BCUT2D eigenvalue weighted by Crippen LogP contribution is 2.33. The summed E-state index contributed by atoms with van der Waals surface area (Å²) in [5.41, 5.74) is 2.36. The van der Waals surface area contributed by atoms with E-state index in [9.17, 15) is 0 Å². The van der Waals surface area contributed by atoms with E-state index in [2.05, 4.69) is 30.5 Å². The number of nitrogens with zero attached hydrogens (tertiary/aromatic N) is 3. The van der Waals surface area contributed by atoms with Crippen molar-refractivity contribution < 1.29 is 4.74 Å². The van der Waals surface area contributed by atoms with Crippen molar-refractivity contribution >= 4 is 45.0 Å². The number of methoxy groups -OCH3 is 1. The van der Waals surface area contributed by atoms with Gasteiger partial charge in [0.05, 0.1) is 29.9 Å². The van der Waals surface area contributed by atoms with Crippen molar-refractivity contribution in [3.63, 3.8) is 0 Å². The molecule has 0 atom stereocenters. The van der Waals surface area contributed by atoms with Gasteiger partial charge in [-0.15, -0.1) is 0 Å². The second kappa shape index (κ2) is 4.88. The number of anilines is 2. The Morgan fingerprint density at radius 3 is 3.00 bits per heavy atom. The van der Waals surface area contributed by atoms with Crippen molar-refractivity contribution in [2.75, 3.05) is 12.4 Å². The first-order chi connectivity index (χ1) is 10.7. The lowest BCUT2D eigenvalue weighted by atomic mass is 10.2. The Morgan fingerprint density at radius 1 is 1.23 bits per heavy atom. The van der Waals surface area contributed by atoms with Crippen LogP contribution in [0.1, 0.15) is 0 Å². The maximum absolute atomic E-state index is 5.99. The van der Waals surface area contributed by atoms with Gasteiger partial charge in [0.1, 0.15) is 28.7 Å². The number of H-pyrrole nitrogens is 2. The molecule has 3 heterocycles. The summed E-state index contributed by atoms with van der Waals surface area (Å²) in [7, 11) is 1.62. The number of aromatic amines is 2. The highest BCUT2D eigenvalue weighted by molar-refractivity contribution is 6.30. The lowest BCUT2D eigenvalue weighted by Gasteiger charge is -2.11. The van der Waals surface area contributed by atoms with Crippen LogP contribution in [0.15, 0.2) is 30.7 Å². The smallest absolute Gasteiger partial charge is 0.144 e. The molecule has 0 bridgehead atoms. The van der Waals surface area contributed by atoms with E-state index in [4.69, 9.17) is 16.3 Å². The second-order valence-electron chi connectivity index (χ2n) is 4.74. The molecule has 0 saturated carbocycles. The molecule has 110 valence electrons. The number of rotatable bonds is 3. The van der Waals surface area contributed by atoms with Crippen molar-refractivity contribution in [1.29, 1.82) is 0 Å². The van der Waals surface area contributed by atoms with Crippen LogP contribution in [0, 0.1) is 0 Å². The van der Waals surface area contributed by atoms with Crippen LogP contribution >= 0.6 is 11.6 Å². The van der Waals surface area contributed by atoms with Gasteiger partial charge in [0.25, 0.3) is 0 Å². The molecule has 0 radical (unpaired) electrons. The molecule has 0 fully saturated rings. The van der Waals surface area contributed by atoms with Gasteiger partial charge in [-0.1, -0.05) is 11.6 Å². The molecule has 0 aliphatic rings. The summed E-state index contributed by atoms with van der Waals surface area (Å²) < 4.78 is 5.42. The monoisotopic (exact) mass is 314 g/mol. The molecule has 22 heavy (non-hydrogen) atoms. The topological polar surface area (TPSA) is 91.5 Å². The number of ether oxygens (including phenoxy) is 1. The summed E-state index contributed by atoms with van der Waals surface area (Å²) in [6.07, 6.45) is 3.23. The first-order valence-corrected chi connectivity index (χ1v) is 6.90. The molecule has 4 aromatic rings. The van der Waals surface area contributed by atoms with Gasteiger partial charge in [0, 0.05) is 11.5 Å². The Hall–Kier alpha value is -2.80. The third-order valence-electron chi connectivity index (χ3n) is 3.41. The Bertz CT molecular complexity index is 976. The van der Waals surface area contributed by atoms with Gasteiger partial charge in [0.2, 0.25) is 0 Å². The van der Waals surface area contributed by atoms with Crippen LogP contribution < -0.4 is 10.1 Å². The van der Waals surface area contributed by atoms with Gasteiger partial charge < -0.3 is 15.0 Å². The number of halogens is 1. The van der Waals surface area contributed by atoms with Gasteiger partial charge >= 0.3 is 0 Å². The minimum absolute atomic E-state index is 0.510. The van der Waals surface area contributed by atoms with Gasteiger partial charge in [-0.2, -0.15) is 5.10 Å². The predicted molar refractivity (Wildman–Crippen MR) is 84.8 cm³/mol. The van der Waals surface area contributed by atoms with Gasteiger partial charge in [-0.25, -0.2) is 9.97 Å². The Balaban J connectivity index is 1.84. The predicted octanol–water partition coefficient (Wildman–Crippen LogP) is 3.24. The summed E-state index contributed by atoms with van der Waals surface area (Å²) in [4.78, 5) is 11.4. The highest BCUT2D eigenvalue weighted by atomic mass is 35.5. The van der Waals surface area contributed by atoms with Crippen LogP contribution in [0.4, 0.5) is 11.5 Å². The molecule has 0 saturated heterocycles. The fourth-order valence-electron chi connectivity index (χ4n) is 2.37. The zero-order valence-electron chi connectivity index (χ0n) is 11.5. The van der Waals surface area contributed by atoms with E-state index in [1.165, 1.54) is 6.33 Å². The van der Waals surface area contributed by atoms with Crippen molar-refractivity contribution in [2.24, 2.45) is 0 Å². The number of fused-ring (bicyclic) bond motifs is 2. The van der Waals surface area contributed by atoms with Crippen LogP contribution in [0.25, 0.3) is 21.9 Å². The molecule has 0 amide bonds. The molecule has 4 rings (SSSR count). The molecule has 3 aromatic heterocycles. The first kappa shape index (κ1) is 12.9. The number of hydrogen-bond donors (Lipinski definition) is 3. The maximum atomic E-state index is 5.99. The quantitative estimate of drug-likeness (QED) is 0.540. The molecular formula is C14H11ClN6O. The Morgan fingerprint density at radius 2 is 2.14 bits per heavy atom. The van der Waals surface area contributed by atoms with E-state index in [0.717, 1.165) is 22.0 Å². The largest absolute Gasteiger partial charge is 0.494 e. The normalized spacial score (nSPS) is 11.2.